The zero-order valence-corrected chi connectivity index (χ0v) is 18.0. The number of thioether (sulfide) groups is 1. The number of hydrogen-bond acceptors (Lipinski definition) is 7. The maximum Gasteiger partial charge on any atom is 0.343 e. The second-order valence-corrected chi connectivity index (χ2v) is 8.59. The third-order valence-electron chi connectivity index (χ3n) is 5.21. The molecule has 32 heavy (non-hydrogen) atoms. The molecule has 1 N–H and O–H groups in total. The Morgan fingerprint density at radius 3 is 2.62 bits per heavy atom. The Hall–Kier alpha value is -3.46. The molecule has 0 unspecified atom stereocenters. The van der Waals surface area contributed by atoms with E-state index in [0.717, 1.165) is 18.4 Å². The number of nitrogens with one attached hydrogen (secondary N) is 1. The number of aliphatic imine (C=N–C) groups is 1. The molecule has 2 aromatic rings. The van der Waals surface area contributed by atoms with Gasteiger partial charge in [0.25, 0.3) is 11.6 Å². The number of esters is 1. The van der Waals surface area contributed by atoms with Crippen LogP contribution >= 0.6 is 11.8 Å². The summed E-state index contributed by atoms with van der Waals surface area (Å²) in [6.45, 7) is 0. The quantitative estimate of drug-likeness (QED) is 0.232. The van der Waals surface area contributed by atoms with Gasteiger partial charge in [-0.1, -0.05) is 37.5 Å². The summed E-state index contributed by atoms with van der Waals surface area (Å²) < 4.78 is 5.30. The van der Waals surface area contributed by atoms with Crippen molar-refractivity contribution in [3.05, 3.63) is 74.7 Å². The fraction of sp³-hybridized carbons (Fsp3) is 0.261. The molecular formula is C23H21N3O5S. The number of ether oxygens (including phenoxy) is 1. The lowest BCUT2D eigenvalue weighted by Gasteiger charge is -2.17. The molecule has 2 fully saturated rings. The van der Waals surface area contributed by atoms with Crippen molar-refractivity contribution in [1.82, 2.24) is 5.32 Å². The molecule has 8 nitrogen and oxygen atoms in total. The molecule has 1 heterocycles. The Labute approximate surface area is 188 Å². The molecule has 1 aliphatic heterocycles. The van der Waals surface area contributed by atoms with Gasteiger partial charge in [-0.25, -0.2) is 4.79 Å². The van der Waals surface area contributed by atoms with Gasteiger partial charge in [0.1, 0.15) is 5.75 Å². The van der Waals surface area contributed by atoms with Crippen LogP contribution in [-0.4, -0.2) is 28.0 Å². The van der Waals surface area contributed by atoms with E-state index < -0.39 is 10.9 Å². The number of carbonyl (C=O) groups is 2. The Balaban J connectivity index is 1.40. The van der Waals surface area contributed by atoms with Gasteiger partial charge in [-0.15, -0.1) is 0 Å². The van der Waals surface area contributed by atoms with E-state index in [9.17, 15) is 19.7 Å². The minimum atomic E-state index is -0.686. The van der Waals surface area contributed by atoms with Crippen LogP contribution in [0.1, 0.15) is 48.0 Å². The summed E-state index contributed by atoms with van der Waals surface area (Å²) in [6, 6.07) is 12.3. The van der Waals surface area contributed by atoms with Gasteiger partial charge in [0.15, 0.2) is 5.17 Å². The lowest BCUT2D eigenvalue weighted by molar-refractivity contribution is -0.384. The molecule has 1 amide bonds. The molecule has 0 bridgehead atoms. The molecular weight excluding hydrogens is 430 g/mol. The molecule has 0 aromatic heterocycles. The standard InChI is InChI=1S/C23H21N3O5S/c27-21-20(32-23(25-21)24-17-6-2-1-3-7-17)13-15-9-11-19(12-10-15)31-22(28)16-5-4-8-18(14-16)26(29)30/h4-5,8-14,17H,1-3,6-7H2,(H,24,25,27)/b20-13+. The molecule has 0 spiro atoms. The number of hydrogen-bond donors (Lipinski definition) is 1. The molecule has 1 saturated heterocycles. The van der Waals surface area contributed by atoms with E-state index in [4.69, 9.17) is 4.74 Å². The van der Waals surface area contributed by atoms with E-state index in [1.54, 1.807) is 30.3 Å². The minimum Gasteiger partial charge on any atom is -0.423 e. The molecule has 2 aromatic carbocycles. The summed E-state index contributed by atoms with van der Waals surface area (Å²) >= 11 is 1.33. The number of non-ortho nitro benzene ring substituents is 1. The molecule has 0 radical (unpaired) electrons. The Kier molecular flexibility index (Phi) is 6.65. The van der Waals surface area contributed by atoms with Crippen LogP contribution in [-0.2, 0) is 4.79 Å². The van der Waals surface area contributed by atoms with Gasteiger partial charge in [0.05, 0.1) is 21.4 Å². The van der Waals surface area contributed by atoms with Crippen molar-refractivity contribution >= 4 is 40.6 Å². The van der Waals surface area contributed by atoms with Gasteiger partial charge in [-0.2, -0.15) is 0 Å². The number of nitro benzene ring substituents is 1. The van der Waals surface area contributed by atoms with E-state index in [0.29, 0.717) is 15.8 Å². The predicted molar refractivity (Wildman–Crippen MR) is 123 cm³/mol. The number of rotatable bonds is 5. The molecule has 164 valence electrons. The highest BCUT2D eigenvalue weighted by atomic mass is 32.2. The molecule has 1 saturated carbocycles. The summed E-state index contributed by atoms with van der Waals surface area (Å²) in [5, 5.41) is 14.3. The van der Waals surface area contributed by atoms with Gasteiger partial charge in [0, 0.05) is 12.1 Å². The maximum atomic E-state index is 12.3. The highest BCUT2D eigenvalue weighted by Crippen LogP contribution is 2.29. The lowest BCUT2D eigenvalue weighted by Crippen LogP contribution is -2.22. The van der Waals surface area contributed by atoms with Crippen molar-refractivity contribution in [3.63, 3.8) is 0 Å². The van der Waals surface area contributed by atoms with Crippen LogP contribution in [0.25, 0.3) is 6.08 Å². The summed E-state index contributed by atoms with van der Waals surface area (Å²) in [6.07, 6.45) is 7.50. The van der Waals surface area contributed by atoms with E-state index in [1.807, 2.05) is 0 Å². The summed E-state index contributed by atoms with van der Waals surface area (Å²) in [5.74, 6) is -0.563. The molecule has 1 aliphatic carbocycles. The van der Waals surface area contributed by atoms with Crippen LogP contribution in [0.3, 0.4) is 0 Å². The lowest BCUT2D eigenvalue weighted by atomic mass is 9.96. The van der Waals surface area contributed by atoms with Crippen molar-refractivity contribution in [1.29, 1.82) is 0 Å². The van der Waals surface area contributed by atoms with E-state index >= 15 is 0 Å². The number of benzene rings is 2. The molecule has 4 rings (SSSR count). The molecule has 0 atom stereocenters. The van der Waals surface area contributed by atoms with Crippen LogP contribution in [0.4, 0.5) is 5.69 Å². The number of amidine groups is 1. The first-order valence-electron chi connectivity index (χ1n) is 10.3. The fourth-order valence-corrected chi connectivity index (χ4v) is 4.45. The summed E-state index contributed by atoms with van der Waals surface area (Å²) in [7, 11) is 0. The summed E-state index contributed by atoms with van der Waals surface area (Å²) in [5.41, 5.74) is 0.686. The molecule has 9 heteroatoms. The van der Waals surface area contributed by atoms with E-state index in [-0.39, 0.29) is 23.2 Å². The van der Waals surface area contributed by atoms with Gasteiger partial charge in [0.2, 0.25) is 0 Å². The zero-order chi connectivity index (χ0) is 22.5. The number of carbonyl (C=O) groups excluding carboxylic acids is 2. The van der Waals surface area contributed by atoms with E-state index in [2.05, 4.69) is 10.3 Å². The van der Waals surface area contributed by atoms with Crippen molar-refractivity contribution < 1.29 is 19.2 Å². The number of nitrogens with zero attached hydrogens (tertiary/aromatic N) is 2. The average Bonchev–Trinajstić information content (AvgIpc) is 3.14. The second kappa shape index (κ2) is 9.78. The van der Waals surface area contributed by atoms with Gasteiger partial charge in [-0.05, 0) is 54.4 Å². The average molecular weight is 452 g/mol. The predicted octanol–water partition coefficient (Wildman–Crippen LogP) is 4.71. The first-order valence-corrected chi connectivity index (χ1v) is 11.1. The largest absolute Gasteiger partial charge is 0.423 e. The molecule has 2 aliphatic rings. The topological polar surface area (TPSA) is 111 Å². The number of nitro groups is 1. The zero-order valence-electron chi connectivity index (χ0n) is 17.2. The van der Waals surface area contributed by atoms with E-state index in [1.165, 1.54) is 55.3 Å². The Morgan fingerprint density at radius 2 is 1.91 bits per heavy atom. The van der Waals surface area contributed by atoms with Crippen LogP contribution in [0.15, 0.2) is 58.4 Å². The Morgan fingerprint density at radius 1 is 1.16 bits per heavy atom. The highest BCUT2D eigenvalue weighted by molar-refractivity contribution is 8.18. The first-order chi connectivity index (χ1) is 15.5. The third-order valence-corrected chi connectivity index (χ3v) is 6.13. The van der Waals surface area contributed by atoms with Gasteiger partial charge in [-0.3, -0.25) is 19.9 Å². The minimum absolute atomic E-state index is 0.0919. The van der Waals surface area contributed by atoms with Crippen LogP contribution in [0.2, 0.25) is 0 Å². The van der Waals surface area contributed by atoms with Crippen LogP contribution in [0.5, 0.6) is 5.75 Å². The van der Waals surface area contributed by atoms with Crippen molar-refractivity contribution in [3.8, 4) is 5.75 Å². The normalized spacial score (nSPS) is 19.2. The maximum absolute atomic E-state index is 12.3. The van der Waals surface area contributed by atoms with Crippen molar-refractivity contribution in [2.45, 2.75) is 38.1 Å². The smallest absolute Gasteiger partial charge is 0.343 e. The van der Waals surface area contributed by atoms with Crippen LogP contribution < -0.4 is 10.1 Å². The van der Waals surface area contributed by atoms with Crippen molar-refractivity contribution in [2.24, 2.45) is 4.99 Å². The monoisotopic (exact) mass is 451 g/mol. The second-order valence-electron chi connectivity index (χ2n) is 7.56. The number of amides is 1. The highest BCUT2D eigenvalue weighted by Gasteiger charge is 2.25. The fourth-order valence-electron chi connectivity index (χ4n) is 3.56. The van der Waals surface area contributed by atoms with Crippen LogP contribution in [0, 0.1) is 10.1 Å². The Bertz CT molecular complexity index is 1100. The van der Waals surface area contributed by atoms with Gasteiger partial charge >= 0.3 is 5.97 Å². The first kappa shape index (κ1) is 21.8. The van der Waals surface area contributed by atoms with Gasteiger partial charge < -0.3 is 10.1 Å². The van der Waals surface area contributed by atoms with Crippen molar-refractivity contribution in [2.75, 3.05) is 0 Å². The third kappa shape index (κ3) is 5.42. The SMILES string of the molecule is O=C1NC(=NC2CCCCC2)S/C1=C/c1ccc(OC(=O)c2cccc([N+](=O)[O-])c2)cc1. The summed E-state index contributed by atoms with van der Waals surface area (Å²) in [4.78, 5) is 40.1.